The molecule has 0 atom stereocenters. The van der Waals surface area contributed by atoms with Gasteiger partial charge in [0.1, 0.15) is 5.82 Å². The van der Waals surface area contributed by atoms with Crippen molar-refractivity contribution in [1.29, 1.82) is 0 Å². The fourth-order valence-electron chi connectivity index (χ4n) is 11.8. The standard InChI is InChI=1S/C80H77N4O.Pt/c1-76(2,3)57-42-55(52-25-16-14-17-26-52)41-56(43-57)65-46-58(77(4,5)6)45-64(54-35-38-67-69(44-54)80(12,13)40-39-79(67,10)11)75(65)83-51-82(71-33-22-23-34-72(71)83)59-29-24-30-60(47-59)85-61-36-37-63-62-31-20-21-32-70(62)84(73(63)48-61)74-49-68(78(7,8)9)66(50-81-74)53-27-18-15-19-28-53;/h14-38,41-46,49-51H,39-40H2,1-13H3;/q-3;/i15D,18D,19D,20D,21D,27D,28D,31D,32D,35D,38D,41D,42D,43D,44D;. The molecule has 0 spiro atoms. The van der Waals surface area contributed by atoms with E-state index in [1.54, 1.807) is 28.8 Å². The third kappa shape index (κ3) is 10.7. The molecule has 6 heteroatoms. The fourth-order valence-corrected chi connectivity index (χ4v) is 11.8. The van der Waals surface area contributed by atoms with E-state index in [4.69, 9.17) is 19.3 Å². The second-order valence-electron chi connectivity index (χ2n) is 26.9. The molecule has 0 saturated heterocycles. The van der Waals surface area contributed by atoms with Crippen LogP contribution in [0.4, 0.5) is 22.7 Å². The Hall–Kier alpha value is -7.98. The molecule has 13 rings (SSSR count). The first-order chi connectivity index (χ1) is 46.8. The third-order valence-electron chi connectivity index (χ3n) is 16.7. The van der Waals surface area contributed by atoms with Gasteiger partial charge in [0.15, 0.2) is 0 Å². The van der Waals surface area contributed by atoms with Crippen LogP contribution < -0.4 is 14.5 Å². The molecule has 1 aliphatic carbocycles. The number of fused-ring (bicyclic) bond motifs is 5. The Kier molecular flexibility index (Phi) is 10.8. The first-order valence-electron chi connectivity index (χ1n) is 36.6. The maximum Gasteiger partial charge on any atom is 0.135 e. The topological polar surface area (TPSA) is 33.5 Å². The summed E-state index contributed by atoms with van der Waals surface area (Å²) in [7, 11) is 0. The molecule has 0 unspecified atom stereocenters. The number of ether oxygens (including phenoxy) is 1. The van der Waals surface area contributed by atoms with E-state index in [9.17, 15) is 11.0 Å². The molecule has 3 heterocycles. The number of benzene rings is 9. The molecule has 11 aromatic rings. The van der Waals surface area contributed by atoms with E-state index < -0.39 is 69.4 Å². The maximum atomic E-state index is 10.5. The van der Waals surface area contributed by atoms with Crippen molar-refractivity contribution >= 4 is 44.6 Å². The summed E-state index contributed by atoms with van der Waals surface area (Å²) < 4.78 is 149. The number of para-hydroxylation sites is 3. The van der Waals surface area contributed by atoms with E-state index in [1.807, 2.05) is 137 Å². The molecule has 5 nitrogen and oxygen atoms in total. The van der Waals surface area contributed by atoms with Gasteiger partial charge in [0.05, 0.1) is 20.6 Å². The predicted octanol–water partition coefficient (Wildman–Crippen LogP) is 21.9. The molecule has 86 heavy (non-hydrogen) atoms. The number of hydrogen-bond acceptors (Lipinski definition) is 4. The summed E-state index contributed by atoms with van der Waals surface area (Å²) in [4.78, 5) is 8.78. The van der Waals surface area contributed by atoms with Crippen LogP contribution in [0.25, 0.3) is 72.1 Å². The molecule has 0 bridgehead atoms. The Morgan fingerprint density at radius 1 is 0.523 bits per heavy atom. The van der Waals surface area contributed by atoms with Gasteiger partial charge in [-0.3, -0.25) is 0 Å². The number of pyridine rings is 1. The van der Waals surface area contributed by atoms with Crippen molar-refractivity contribution in [3.05, 3.63) is 247 Å². The average molecular weight is 1320 g/mol. The molecule has 0 amide bonds. The fraction of sp³-hybridized carbons (Fsp3) is 0.250. The van der Waals surface area contributed by atoms with Crippen LogP contribution in [-0.2, 0) is 48.1 Å². The summed E-state index contributed by atoms with van der Waals surface area (Å²) in [6.07, 6.45) is 2.96. The van der Waals surface area contributed by atoms with Crippen LogP contribution in [0.2, 0.25) is 0 Å². The van der Waals surface area contributed by atoms with Crippen molar-refractivity contribution in [3.8, 4) is 61.8 Å². The molecule has 0 fully saturated rings. The number of hydrogen-bond donors (Lipinski definition) is 0. The first-order valence-corrected chi connectivity index (χ1v) is 29.1. The van der Waals surface area contributed by atoms with Crippen LogP contribution in [0.3, 0.4) is 0 Å². The first kappa shape index (κ1) is 42.8. The van der Waals surface area contributed by atoms with Crippen LogP contribution in [-0.4, -0.2) is 9.55 Å². The van der Waals surface area contributed by atoms with E-state index in [2.05, 4.69) is 60.6 Å². The summed E-state index contributed by atoms with van der Waals surface area (Å²) in [5.74, 6) is 0.624. The average Bonchev–Trinajstić information content (AvgIpc) is 1.66. The summed E-state index contributed by atoms with van der Waals surface area (Å²) in [5, 5.41) is 0.612. The van der Waals surface area contributed by atoms with Crippen molar-refractivity contribution in [2.45, 2.75) is 130 Å². The molecule has 436 valence electrons. The second kappa shape index (κ2) is 21.8. The zero-order valence-corrected chi connectivity index (χ0v) is 53.2. The van der Waals surface area contributed by atoms with Gasteiger partial charge in [0, 0.05) is 78.0 Å². The van der Waals surface area contributed by atoms with E-state index >= 15 is 0 Å². The van der Waals surface area contributed by atoms with Gasteiger partial charge in [-0.2, -0.15) is 12.1 Å². The zero-order valence-electron chi connectivity index (χ0n) is 65.9. The van der Waals surface area contributed by atoms with Gasteiger partial charge in [-0.25, -0.2) is 4.98 Å². The normalized spacial score (nSPS) is 17.2. The number of anilines is 4. The zero-order chi connectivity index (χ0) is 72.4. The molecule has 9 aromatic carbocycles. The van der Waals surface area contributed by atoms with Gasteiger partial charge in [0.2, 0.25) is 0 Å². The van der Waals surface area contributed by atoms with Crippen LogP contribution in [0.5, 0.6) is 11.5 Å². The summed E-state index contributed by atoms with van der Waals surface area (Å²) in [5.41, 5.74) is 5.48. The second-order valence-corrected chi connectivity index (χ2v) is 26.9. The number of aromatic nitrogens is 2. The van der Waals surface area contributed by atoms with Crippen LogP contribution in [0, 0.1) is 18.8 Å². The van der Waals surface area contributed by atoms with Gasteiger partial charge in [-0.1, -0.05) is 217 Å². The minimum atomic E-state index is -0.753. The third-order valence-corrected chi connectivity index (χ3v) is 16.7. The van der Waals surface area contributed by atoms with Gasteiger partial charge in [-0.05, 0) is 143 Å². The van der Waals surface area contributed by atoms with Gasteiger partial charge in [-0.15, -0.1) is 48.1 Å². The molecule has 2 aliphatic rings. The Morgan fingerprint density at radius 2 is 1.16 bits per heavy atom. The Morgan fingerprint density at radius 3 is 1.87 bits per heavy atom. The predicted molar refractivity (Wildman–Crippen MR) is 357 cm³/mol. The largest absolute Gasteiger partial charge is 0.509 e. The van der Waals surface area contributed by atoms with Crippen molar-refractivity contribution in [3.63, 3.8) is 0 Å². The summed E-state index contributed by atoms with van der Waals surface area (Å²) >= 11 is 0. The molecule has 0 radical (unpaired) electrons. The quantitative estimate of drug-likeness (QED) is 0.135. The maximum absolute atomic E-state index is 10.5. The van der Waals surface area contributed by atoms with Crippen molar-refractivity contribution in [2.24, 2.45) is 0 Å². The SMILES string of the molecule is [2H]c1c([2H])c([2H])c(-c2cnc(-n3c4[c-]c(Oc5[c-]c(N6[CH-]N(c7c(-c8c([2H])c(-c9ccccc9)c([2H])c(C(C)(C)C)c8[2H])cc(C(C)(C)C)cc7-c7c([2H])c([2H])c8c(c7[2H])C(C)(C)CCC8(C)C)c7ccccc76)ccc5)ccc4c4c([2H])c([2H])c([2H])c([2H])c43)cc2C(C)(C)C)c([2H])c1[2H].[Pt]. The van der Waals surface area contributed by atoms with Crippen LogP contribution >= 0.6 is 0 Å². The Balaban J connectivity index is 0.00000965. The number of nitrogens with zero attached hydrogens (tertiary/aromatic N) is 4. The van der Waals surface area contributed by atoms with E-state index in [-0.39, 0.29) is 120 Å². The smallest absolute Gasteiger partial charge is 0.135 e. The van der Waals surface area contributed by atoms with Gasteiger partial charge < -0.3 is 19.1 Å². The molecule has 1 aliphatic heterocycles. The minimum Gasteiger partial charge on any atom is -0.509 e. The van der Waals surface area contributed by atoms with Crippen molar-refractivity contribution in [2.75, 3.05) is 9.80 Å². The van der Waals surface area contributed by atoms with Crippen molar-refractivity contribution in [1.82, 2.24) is 9.55 Å². The van der Waals surface area contributed by atoms with E-state index in [1.165, 1.54) is 6.20 Å². The van der Waals surface area contributed by atoms with Crippen LogP contribution in [0.1, 0.15) is 151 Å². The molecule has 0 saturated carbocycles. The van der Waals surface area contributed by atoms with Crippen LogP contribution in [0.15, 0.2) is 200 Å². The monoisotopic (exact) mass is 1320 g/mol. The van der Waals surface area contributed by atoms with Gasteiger partial charge in [0.25, 0.3) is 0 Å². The van der Waals surface area contributed by atoms with E-state index in [0.717, 1.165) is 18.4 Å². The molecule has 2 aromatic heterocycles. The molecule has 0 N–H and O–H groups in total. The van der Waals surface area contributed by atoms with Gasteiger partial charge >= 0.3 is 0 Å². The summed E-state index contributed by atoms with van der Waals surface area (Å²) in [6, 6.07) is 34.8. The minimum absolute atomic E-state index is 0. The Bertz CT molecular complexity index is 5270. The molecular weight excluding hydrogens is 1230 g/mol. The molecular formula is C80H77N4OPt-3. The Labute approximate surface area is 546 Å². The van der Waals surface area contributed by atoms with Crippen molar-refractivity contribution < 1.29 is 46.4 Å². The summed E-state index contributed by atoms with van der Waals surface area (Å²) in [6.45, 7) is 28.2. The van der Waals surface area contributed by atoms with E-state index in [0.29, 0.717) is 78.2 Å². The number of rotatable bonds is 9.